The molecule has 0 N–H and O–H groups in total. The number of nitrogens with zero attached hydrogens (tertiary/aromatic N) is 1. The zero-order valence-electron chi connectivity index (χ0n) is 14.5. The summed E-state index contributed by atoms with van der Waals surface area (Å²) in [5, 5.41) is 4.90. The maximum absolute atomic E-state index is 13.6. The number of ether oxygens (including phenoxy) is 2. The highest BCUT2D eigenvalue weighted by atomic mass is 32.2. The smallest absolute Gasteiger partial charge is 0.461 e. The molecule has 0 aliphatic rings. The first-order chi connectivity index (χ1) is 13.0. The van der Waals surface area contributed by atoms with Crippen molar-refractivity contribution in [3.8, 4) is 5.75 Å². The predicted octanol–water partition coefficient (Wildman–Crippen LogP) is 3.82. The number of carbonyl (C=O) groups is 1. The summed E-state index contributed by atoms with van der Waals surface area (Å²) in [4.78, 5) is 19.7. The number of hydrogen-bond acceptors (Lipinski definition) is 6. The lowest BCUT2D eigenvalue weighted by atomic mass is 10.3. The number of halogens is 7. The summed E-state index contributed by atoms with van der Waals surface area (Å²) in [6.07, 6.45) is -7.28. The van der Waals surface area contributed by atoms with Gasteiger partial charge in [0, 0.05) is 6.07 Å². The molecule has 0 spiro atoms. The molecule has 164 valence electrons. The third-order valence-corrected chi connectivity index (χ3v) is 4.41. The van der Waals surface area contributed by atoms with Crippen molar-refractivity contribution in [2.45, 2.75) is 42.2 Å². The van der Waals surface area contributed by atoms with Gasteiger partial charge < -0.3 is 9.47 Å². The molecule has 0 saturated carbocycles. The minimum Gasteiger partial charge on any atom is -0.475 e. The van der Waals surface area contributed by atoms with Crippen molar-refractivity contribution in [1.82, 2.24) is 0 Å². The first-order valence-electron chi connectivity index (χ1n) is 7.37. The van der Waals surface area contributed by atoms with E-state index in [-0.39, 0.29) is 6.07 Å². The summed E-state index contributed by atoms with van der Waals surface area (Å²) in [5.41, 5.74) is -1.20. The molecule has 15 heteroatoms. The van der Waals surface area contributed by atoms with E-state index < -0.39 is 68.1 Å². The molecule has 1 unspecified atom stereocenters. The molecule has 0 heterocycles. The van der Waals surface area contributed by atoms with Crippen LogP contribution in [0.15, 0.2) is 23.1 Å². The van der Waals surface area contributed by atoms with Crippen LogP contribution in [0.2, 0.25) is 0 Å². The summed E-state index contributed by atoms with van der Waals surface area (Å²) in [7, 11) is -4.32. The van der Waals surface area contributed by atoms with Crippen LogP contribution in [0.4, 0.5) is 36.4 Å². The topological polar surface area (TPSA) is 95.7 Å². The highest BCUT2D eigenvalue weighted by Crippen LogP contribution is 2.49. The first-order valence-corrected chi connectivity index (χ1v) is 8.52. The molecule has 29 heavy (non-hydrogen) atoms. The van der Waals surface area contributed by atoms with Gasteiger partial charge in [0.2, 0.25) is 0 Å². The first kappa shape index (κ1) is 24.6. The quantitative estimate of drug-likeness (QED) is 0.256. The van der Waals surface area contributed by atoms with Crippen LogP contribution in [0.3, 0.4) is 0 Å². The number of alkyl halides is 7. The Bertz CT molecular complexity index is 812. The van der Waals surface area contributed by atoms with Crippen molar-refractivity contribution in [2.75, 3.05) is 6.61 Å². The molecule has 1 atom stereocenters. The number of benzene rings is 1. The summed E-state index contributed by atoms with van der Waals surface area (Å²) in [5.74, 6) is -8.35. The van der Waals surface area contributed by atoms with Gasteiger partial charge in [0.1, 0.15) is 10.8 Å². The minimum absolute atomic E-state index is 0.0829. The number of carbonyl (C=O) groups excluding carboxylic acids is 1. The van der Waals surface area contributed by atoms with Gasteiger partial charge in [0.05, 0.1) is 15.9 Å². The van der Waals surface area contributed by atoms with E-state index >= 15 is 0 Å². The molecule has 1 aromatic rings. The van der Waals surface area contributed by atoms with Crippen LogP contribution >= 0.6 is 0 Å². The lowest BCUT2D eigenvalue weighted by molar-refractivity contribution is -0.386. The Labute approximate surface area is 160 Å². The third-order valence-electron chi connectivity index (χ3n) is 3.01. The Morgan fingerprint density at radius 3 is 2.17 bits per heavy atom. The molecule has 0 fully saturated rings. The Kier molecular flexibility index (Phi) is 7.21. The van der Waals surface area contributed by atoms with Crippen LogP contribution < -0.4 is 4.74 Å². The molecule has 0 saturated heterocycles. The molecule has 0 aliphatic carbocycles. The zero-order chi connectivity index (χ0) is 22.8. The fraction of sp³-hybridized carbons (Fsp3) is 0.500. The van der Waals surface area contributed by atoms with Crippen LogP contribution in [-0.4, -0.2) is 45.2 Å². The lowest BCUT2D eigenvalue weighted by Crippen LogP contribution is -2.54. The highest BCUT2D eigenvalue weighted by molar-refractivity contribution is 7.86. The second kappa shape index (κ2) is 8.51. The second-order valence-electron chi connectivity index (χ2n) is 5.57. The van der Waals surface area contributed by atoms with Gasteiger partial charge in [-0.05, 0) is 26.0 Å². The van der Waals surface area contributed by atoms with Gasteiger partial charge in [0.25, 0.3) is 0 Å². The number of esters is 1. The van der Waals surface area contributed by atoms with E-state index in [1.54, 1.807) is 0 Å². The minimum atomic E-state index is -6.72. The normalized spacial score (nSPS) is 13.9. The fourth-order valence-corrected chi connectivity index (χ4v) is 2.80. The average molecular weight is 455 g/mol. The molecule has 0 aliphatic heterocycles. The van der Waals surface area contributed by atoms with E-state index in [9.17, 15) is 49.9 Å². The third kappa shape index (κ3) is 5.33. The monoisotopic (exact) mass is 455 g/mol. The SMILES string of the molecule is CC(C)OC(=O)COc1ccc(S(=O)C(F)(F)C(F)(F)C(F)(F)F)cc1[N+](=O)[O-]. The van der Waals surface area contributed by atoms with Crippen molar-refractivity contribution >= 4 is 22.5 Å². The van der Waals surface area contributed by atoms with Gasteiger partial charge in [-0.2, -0.15) is 30.7 Å². The molecular formula is C14H12F7NO6S. The van der Waals surface area contributed by atoms with Gasteiger partial charge in [-0.3, -0.25) is 10.1 Å². The highest BCUT2D eigenvalue weighted by Gasteiger charge is 2.76. The Morgan fingerprint density at radius 1 is 1.17 bits per heavy atom. The van der Waals surface area contributed by atoms with Crippen LogP contribution in [0.25, 0.3) is 0 Å². The van der Waals surface area contributed by atoms with E-state index in [4.69, 9.17) is 4.74 Å². The summed E-state index contributed by atoms with van der Waals surface area (Å²) in [6.45, 7) is 2.12. The van der Waals surface area contributed by atoms with Crippen molar-refractivity contribution in [3.63, 3.8) is 0 Å². The Morgan fingerprint density at radius 2 is 1.72 bits per heavy atom. The van der Waals surface area contributed by atoms with E-state index in [0.29, 0.717) is 12.1 Å². The Hall–Kier alpha value is -2.45. The van der Waals surface area contributed by atoms with E-state index in [2.05, 4.69) is 4.74 Å². The van der Waals surface area contributed by atoms with E-state index in [0.717, 1.165) is 0 Å². The van der Waals surface area contributed by atoms with Crippen molar-refractivity contribution in [3.05, 3.63) is 28.3 Å². The van der Waals surface area contributed by atoms with Gasteiger partial charge >= 0.3 is 29.0 Å². The predicted molar refractivity (Wildman–Crippen MR) is 82.2 cm³/mol. The van der Waals surface area contributed by atoms with Crippen LogP contribution in [0.5, 0.6) is 5.75 Å². The maximum atomic E-state index is 13.6. The van der Waals surface area contributed by atoms with Crippen molar-refractivity contribution in [2.24, 2.45) is 0 Å². The molecule has 7 nitrogen and oxygen atoms in total. The average Bonchev–Trinajstić information content (AvgIpc) is 2.57. The number of rotatable bonds is 8. The molecule has 1 aromatic carbocycles. The van der Waals surface area contributed by atoms with Crippen LogP contribution in [0.1, 0.15) is 13.8 Å². The molecule has 0 amide bonds. The van der Waals surface area contributed by atoms with Crippen molar-refractivity contribution < 1.29 is 54.1 Å². The fourth-order valence-electron chi connectivity index (χ4n) is 1.74. The van der Waals surface area contributed by atoms with Crippen LogP contribution in [0, 0.1) is 10.1 Å². The van der Waals surface area contributed by atoms with Crippen molar-refractivity contribution in [1.29, 1.82) is 0 Å². The lowest BCUT2D eigenvalue weighted by Gasteiger charge is -2.27. The van der Waals surface area contributed by atoms with Crippen LogP contribution in [-0.2, 0) is 20.3 Å². The molecular weight excluding hydrogens is 443 g/mol. The number of nitro benzene ring substituents is 1. The van der Waals surface area contributed by atoms with E-state index in [1.165, 1.54) is 13.8 Å². The van der Waals surface area contributed by atoms with Gasteiger partial charge in [-0.25, -0.2) is 9.00 Å². The molecule has 0 bridgehead atoms. The Balaban J connectivity index is 3.23. The molecule has 0 aromatic heterocycles. The maximum Gasteiger partial charge on any atom is 0.461 e. The van der Waals surface area contributed by atoms with Gasteiger partial charge in [-0.15, -0.1) is 0 Å². The standard InChI is InChI=1S/C14H12F7NO6S/c1-7(2)28-11(23)6-27-10-4-3-8(5-9(10)22(24)25)29(26)14(20,21)12(15,16)13(17,18)19/h3-5,7H,6H2,1-2H3. The number of nitro groups is 1. The van der Waals surface area contributed by atoms with Gasteiger partial charge in [-0.1, -0.05) is 0 Å². The zero-order valence-corrected chi connectivity index (χ0v) is 15.3. The second-order valence-corrected chi connectivity index (χ2v) is 7.09. The summed E-state index contributed by atoms with van der Waals surface area (Å²) in [6, 6.07) is 0.974. The molecule has 1 rings (SSSR count). The molecule has 0 radical (unpaired) electrons. The largest absolute Gasteiger partial charge is 0.475 e. The van der Waals surface area contributed by atoms with E-state index in [1.807, 2.05) is 0 Å². The summed E-state index contributed by atoms with van der Waals surface area (Å²) < 4.78 is 111. The number of hydrogen-bond donors (Lipinski definition) is 0. The summed E-state index contributed by atoms with van der Waals surface area (Å²) >= 11 is 0. The van der Waals surface area contributed by atoms with Gasteiger partial charge in [0.15, 0.2) is 12.4 Å².